The highest BCUT2D eigenvalue weighted by Crippen LogP contribution is 2.25. The van der Waals surface area contributed by atoms with Crippen LogP contribution in [-0.2, 0) is 10.0 Å². The van der Waals surface area contributed by atoms with E-state index in [1.165, 1.54) is 10.9 Å². The van der Waals surface area contributed by atoms with Crippen molar-refractivity contribution in [1.29, 1.82) is 0 Å². The number of rotatable bonds is 4. The predicted octanol–water partition coefficient (Wildman–Crippen LogP) is 3.63. The van der Waals surface area contributed by atoms with E-state index in [2.05, 4.69) is 9.82 Å². The second-order valence-corrected chi connectivity index (χ2v) is 7.00. The molecule has 3 rings (SSSR count). The largest absolute Gasteiger partial charge is 0.278 e. The van der Waals surface area contributed by atoms with Crippen molar-refractivity contribution < 1.29 is 8.42 Å². The van der Waals surface area contributed by atoms with Crippen LogP contribution < -0.4 is 4.72 Å². The van der Waals surface area contributed by atoms with E-state index in [4.69, 9.17) is 11.6 Å². The van der Waals surface area contributed by atoms with Gasteiger partial charge in [0.1, 0.15) is 4.90 Å². The summed E-state index contributed by atoms with van der Waals surface area (Å²) in [5.41, 5.74) is 1.53. The molecule has 1 N–H and O–H groups in total. The fraction of sp³-hybridized carbons (Fsp3) is 0.0625. The molecule has 0 saturated carbocycles. The molecule has 5 nitrogen and oxygen atoms in total. The fourth-order valence-corrected chi connectivity index (χ4v) is 3.65. The summed E-state index contributed by atoms with van der Waals surface area (Å²) in [6, 6.07) is 16.0. The van der Waals surface area contributed by atoms with Crippen LogP contribution in [0.1, 0.15) is 5.69 Å². The van der Waals surface area contributed by atoms with Crippen LogP contribution in [0, 0.1) is 6.92 Å². The van der Waals surface area contributed by atoms with Crippen molar-refractivity contribution in [1.82, 2.24) is 9.78 Å². The van der Waals surface area contributed by atoms with Gasteiger partial charge in [-0.1, -0.05) is 41.9 Å². The van der Waals surface area contributed by atoms with E-state index in [0.717, 1.165) is 5.69 Å². The lowest BCUT2D eigenvalue weighted by Crippen LogP contribution is -2.13. The fourth-order valence-electron chi connectivity index (χ4n) is 2.16. The van der Waals surface area contributed by atoms with Crippen molar-refractivity contribution in [2.75, 3.05) is 4.72 Å². The molecule has 0 fully saturated rings. The second-order valence-electron chi connectivity index (χ2n) is 4.94. The van der Waals surface area contributed by atoms with Crippen molar-refractivity contribution in [3.63, 3.8) is 0 Å². The SMILES string of the molecule is Cc1nn(-c2ccccc2)cc1S(=O)(=O)Nc1ccccc1Cl. The third kappa shape index (κ3) is 3.23. The summed E-state index contributed by atoms with van der Waals surface area (Å²) in [5.74, 6) is 0. The third-order valence-corrected chi connectivity index (χ3v) is 5.08. The molecule has 0 amide bonds. The topological polar surface area (TPSA) is 64.0 Å². The van der Waals surface area contributed by atoms with Crippen LogP contribution in [-0.4, -0.2) is 18.2 Å². The normalized spacial score (nSPS) is 11.4. The average molecular weight is 348 g/mol. The van der Waals surface area contributed by atoms with Crippen LogP contribution >= 0.6 is 11.6 Å². The summed E-state index contributed by atoms with van der Waals surface area (Å²) >= 11 is 6.01. The number of hydrogen-bond acceptors (Lipinski definition) is 3. The van der Waals surface area contributed by atoms with Gasteiger partial charge < -0.3 is 0 Å². The van der Waals surface area contributed by atoms with Crippen LogP contribution in [0.5, 0.6) is 0 Å². The van der Waals surface area contributed by atoms with Crippen molar-refractivity contribution in [2.45, 2.75) is 11.8 Å². The zero-order valence-electron chi connectivity index (χ0n) is 12.3. The van der Waals surface area contributed by atoms with Gasteiger partial charge in [0.2, 0.25) is 0 Å². The van der Waals surface area contributed by atoms with Gasteiger partial charge in [-0.15, -0.1) is 0 Å². The Labute approximate surface area is 139 Å². The van der Waals surface area contributed by atoms with Crippen molar-refractivity contribution in [2.24, 2.45) is 0 Å². The number of nitrogens with zero attached hydrogens (tertiary/aromatic N) is 2. The van der Waals surface area contributed by atoms with E-state index in [1.54, 1.807) is 31.2 Å². The molecule has 0 unspecified atom stereocenters. The van der Waals surface area contributed by atoms with Gasteiger partial charge in [-0.05, 0) is 31.2 Å². The van der Waals surface area contributed by atoms with Gasteiger partial charge in [0.25, 0.3) is 10.0 Å². The molecule has 118 valence electrons. The lowest BCUT2D eigenvalue weighted by atomic mass is 10.3. The number of aryl methyl sites for hydroxylation is 1. The van der Waals surface area contributed by atoms with Crippen LogP contribution in [0.4, 0.5) is 5.69 Å². The Hall–Kier alpha value is -2.31. The summed E-state index contributed by atoms with van der Waals surface area (Å²) in [4.78, 5) is 0.112. The van der Waals surface area contributed by atoms with E-state index < -0.39 is 10.0 Å². The Balaban J connectivity index is 1.98. The molecule has 0 bridgehead atoms. The molecule has 1 heterocycles. The Morgan fingerprint density at radius 1 is 1.04 bits per heavy atom. The van der Waals surface area contributed by atoms with Gasteiger partial charge in [-0.2, -0.15) is 5.10 Å². The number of hydrogen-bond donors (Lipinski definition) is 1. The van der Waals surface area contributed by atoms with Crippen LogP contribution in [0.25, 0.3) is 5.69 Å². The summed E-state index contributed by atoms with van der Waals surface area (Å²) in [7, 11) is -3.77. The van der Waals surface area contributed by atoms with Crippen LogP contribution in [0.15, 0.2) is 65.7 Å². The zero-order chi connectivity index (χ0) is 16.4. The monoisotopic (exact) mass is 347 g/mol. The Kier molecular flexibility index (Phi) is 4.11. The Bertz CT molecular complexity index is 937. The molecule has 0 aliphatic carbocycles. The lowest BCUT2D eigenvalue weighted by molar-refractivity contribution is 0.600. The first kappa shape index (κ1) is 15.6. The standard InChI is InChI=1S/C16H14ClN3O2S/c1-12-16(11-20(18-12)13-7-3-2-4-8-13)23(21,22)19-15-10-6-5-9-14(15)17/h2-11,19H,1H3. The maximum atomic E-state index is 12.6. The molecule has 1 aromatic heterocycles. The van der Waals surface area contributed by atoms with E-state index in [1.807, 2.05) is 30.3 Å². The highest BCUT2D eigenvalue weighted by Gasteiger charge is 2.21. The van der Waals surface area contributed by atoms with Crippen molar-refractivity contribution in [3.8, 4) is 5.69 Å². The minimum Gasteiger partial charge on any atom is -0.278 e. The minimum absolute atomic E-state index is 0.112. The van der Waals surface area contributed by atoms with Crippen LogP contribution in [0.3, 0.4) is 0 Å². The molecule has 0 spiro atoms. The average Bonchev–Trinajstić information content (AvgIpc) is 2.93. The number of sulfonamides is 1. The summed E-state index contributed by atoms with van der Waals surface area (Å²) in [5, 5.41) is 4.61. The van der Waals surface area contributed by atoms with E-state index in [9.17, 15) is 8.42 Å². The second kappa shape index (κ2) is 6.06. The number of nitrogens with one attached hydrogen (secondary N) is 1. The quantitative estimate of drug-likeness (QED) is 0.783. The molecule has 0 radical (unpaired) electrons. The summed E-state index contributed by atoms with van der Waals surface area (Å²) in [6.07, 6.45) is 1.49. The first-order valence-electron chi connectivity index (χ1n) is 6.86. The molecule has 0 aliphatic heterocycles. The van der Waals surface area contributed by atoms with Gasteiger partial charge in [-0.25, -0.2) is 13.1 Å². The first-order chi connectivity index (χ1) is 11.0. The molecule has 2 aromatic carbocycles. The van der Waals surface area contributed by atoms with Gasteiger partial charge in [-0.3, -0.25) is 4.72 Å². The highest BCUT2D eigenvalue weighted by atomic mass is 35.5. The number of benzene rings is 2. The molecule has 0 saturated heterocycles. The molecule has 0 aliphatic rings. The number of aromatic nitrogens is 2. The molecule has 7 heteroatoms. The molecule has 3 aromatic rings. The highest BCUT2D eigenvalue weighted by molar-refractivity contribution is 7.92. The molecular formula is C16H14ClN3O2S. The Morgan fingerprint density at radius 2 is 1.70 bits per heavy atom. The van der Waals surface area contributed by atoms with E-state index in [0.29, 0.717) is 16.4 Å². The summed E-state index contributed by atoms with van der Waals surface area (Å²) in [6.45, 7) is 1.65. The Morgan fingerprint density at radius 3 is 2.39 bits per heavy atom. The number of para-hydroxylation sites is 2. The van der Waals surface area contributed by atoms with Gasteiger partial charge in [0.15, 0.2) is 0 Å². The lowest BCUT2D eigenvalue weighted by Gasteiger charge is -2.08. The zero-order valence-corrected chi connectivity index (χ0v) is 13.8. The van der Waals surface area contributed by atoms with Crippen LogP contribution in [0.2, 0.25) is 5.02 Å². The van der Waals surface area contributed by atoms with Gasteiger partial charge in [0, 0.05) is 0 Å². The number of anilines is 1. The maximum absolute atomic E-state index is 12.6. The molecular weight excluding hydrogens is 334 g/mol. The van der Waals surface area contributed by atoms with Gasteiger partial charge >= 0.3 is 0 Å². The maximum Gasteiger partial charge on any atom is 0.265 e. The van der Waals surface area contributed by atoms with E-state index >= 15 is 0 Å². The number of halogens is 1. The van der Waals surface area contributed by atoms with Crippen molar-refractivity contribution >= 4 is 27.3 Å². The first-order valence-corrected chi connectivity index (χ1v) is 8.72. The third-order valence-electron chi connectivity index (χ3n) is 3.28. The minimum atomic E-state index is -3.77. The van der Waals surface area contributed by atoms with E-state index in [-0.39, 0.29) is 4.90 Å². The molecule has 0 atom stereocenters. The van der Waals surface area contributed by atoms with Crippen molar-refractivity contribution in [3.05, 3.63) is 71.5 Å². The predicted molar refractivity (Wildman–Crippen MR) is 90.6 cm³/mol. The van der Waals surface area contributed by atoms with Gasteiger partial charge in [0.05, 0.1) is 28.3 Å². The smallest absolute Gasteiger partial charge is 0.265 e. The summed E-state index contributed by atoms with van der Waals surface area (Å²) < 4.78 is 29.2. The molecule has 23 heavy (non-hydrogen) atoms.